The lowest BCUT2D eigenvalue weighted by Gasteiger charge is -2.40. The van der Waals surface area contributed by atoms with Crippen molar-refractivity contribution in [2.45, 2.75) is 38.5 Å². The molecular weight excluding hydrogens is 260 g/mol. The number of fused-ring (bicyclic) bond motifs is 1. The van der Waals surface area contributed by atoms with Gasteiger partial charge in [-0.25, -0.2) is 4.98 Å². The average molecular weight is 282 g/mol. The maximum absolute atomic E-state index is 5.90. The first-order chi connectivity index (χ1) is 10.3. The lowest BCUT2D eigenvalue weighted by Crippen LogP contribution is -2.39. The van der Waals surface area contributed by atoms with E-state index in [1.54, 1.807) is 0 Å². The van der Waals surface area contributed by atoms with E-state index in [1.165, 1.54) is 38.5 Å². The Kier molecular flexibility index (Phi) is 2.98. The summed E-state index contributed by atoms with van der Waals surface area (Å²) in [6.45, 7) is 2.20. The van der Waals surface area contributed by atoms with Gasteiger partial charge in [0.25, 0.3) is 0 Å². The van der Waals surface area contributed by atoms with Crippen molar-refractivity contribution in [2.75, 3.05) is 23.7 Å². The van der Waals surface area contributed by atoms with Crippen molar-refractivity contribution in [1.29, 1.82) is 0 Å². The molecule has 4 nitrogen and oxygen atoms in total. The first-order valence-corrected chi connectivity index (χ1v) is 8.03. The molecule has 1 aliphatic heterocycles. The summed E-state index contributed by atoms with van der Waals surface area (Å²) >= 11 is 0. The highest BCUT2D eigenvalue weighted by Gasteiger charge is 2.37. The highest BCUT2D eigenvalue weighted by molar-refractivity contribution is 5.90. The van der Waals surface area contributed by atoms with Crippen LogP contribution in [0.5, 0.6) is 0 Å². The number of para-hydroxylation sites is 1. The van der Waals surface area contributed by atoms with E-state index in [0.29, 0.717) is 11.4 Å². The number of piperidine rings is 1. The summed E-state index contributed by atoms with van der Waals surface area (Å²) in [5.41, 5.74) is 7.47. The Morgan fingerprint density at radius 3 is 2.43 bits per heavy atom. The second-order valence-electron chi connectivity index (χ2n) is 6.62. The van der Waals surface area contributed by atoms with Gasteiger partial charge in [0.1, 0.15) is 5.82 Å². The quantitative estimate of drug-likeness (QED) is 0.871. The van der Waals surface area contributed by atoms with Crippen molar-refractivity contribution in [3.63, 3.8) is 0 Å². The van der Waals surface area contributed by atoms with Crippen LogP contribution in [0.15, 0.2) is 24.3 Å². The molecule has 0 radical (unpaired) electrons. The number of nitrogens with zero attached hydrogens (tertiary/aromatic N) is 3. The van der Waals surface area contributed by atoms with Crippen LogP contribution in [0.4, 0.5) is 11.8 Å². The van der Waals surface area contributed by atoms with Crippen LogP contribution in [0.1, 0.15) is 38.5 Å². The molecule has 2 aliphatic rings. The third-order valence-corrected chi connectivity index (χ3v) is 5.39. The summed E-state index contributed by atoms with van der Waals surface area (Å²) in [6, 6.07) is 8.17. The second-order valence-corrected chi connectivity index (χ2v) is 6.62. The van der Waals surface area contributed by atoms with E-state index >= 15 is 0 Å². The molecule has 0 unspecified atom stereocenters. The molecule has 1 saturated carbocycles. The van der Waals surface area contributed by atoms with E-state index < -0.39 is 0 Å². The Labute approximate surface area is 125 Å². The molecule has 1 saturated heterocycles. The largest absolute Gasteiger partial charge is 0.368 e. The molecule has 110 valence electrons. The lowest BCUT2D eigenvalue weighted by molar-refractivity contribution is 0.226. The van der Waals surface area contributed by atoms with Gasteiger partial charge >= 0.3 is 0 Å². The first-order valence-electron chi connectivity index (χ1n) is 8.03. The van der Waals surface area contributed by atoms with E-state index in [0.717, 1.165) is 29.8 Å². The molecule has 1 aliphatic carbocycles. The summed E-state index contributed by atoms with van der Waals surface area (Å²) in [4.78, 5) is 11.3. The minimum absolute atomic E-state index is 0.379. The monoisotopic (exact) mass is 282 g/mol. The van der Waals surface area contributed by atoms with Gasteiger partial charge in [0.15, 0.2) is 0 Å². The van der Waals surface area contributed by atoms with E-state index in [2.05, 4.69) is 20.9 Å². The Bertz CT molecular complexity index is 651. The normalized spacial score (nSPS) is 21.2. The van der Waals surface area contributed by atoms with E-state index in [9.17, 15) is 0 Å². The fourth-order valence-corrected chi connectivity index (χ4v) is 4.14. The zero-order valence-corrected chi connectivity index (χ0v) is 12.4. The standard InChI is InChI=1S/C17H22N4/c18-16-19-14-6-2-1-5-13(14)15(20-16)21-11-9-17(10-12-21)7-3-4-8-17/h1-2,5-6H,3-4,7-12H2,(H2,18,19,20). The van der Waals surface area contributed by atoms with Crippen molar-refractivity contribution in [3.8, 4) is 0 Å². The van der Waals surface area contributed by atoms with Crippen LogP contribution in [-0.2, 0) is 0 Å². The van der Waals surface area contributed by atoms with Crippen molar-refractivity contribution in [2.24, 2.45) is 5.41 Å². The third-order valence-electron chi connectivity index (χ3n) is 5.39. The zero-order chi connectivity index (χ0) is 14.3. The molecule has 4 heteroatoms. The molecule has 1 aromatic carbocycles. The van der Waals surface area contributed by atoms with Crippen LogP contribution >= 0.6 is 0 Å². The zero-order valence-electron chi connectivity index (χ0n) is 12.4. The molecule has 21 heavy (non-hydrogen) atoms. The van der Waals surface area contributed by atoms with Gasteiger partial charge < -0.3 is 10.6 Å². The third kappa shape index (κ3) is 2.23. The predicted octanol–water partition coefficient (Wildman–Crippen LogP) is 3.37. The number of hydrogen-bond donors (Lipinski definition) is 1. The molecule has 1 spiro atoms. The Balaban J connectivity index is 1.65. The van der Waals surface area contributed by atoms with Gasteiger partial charge in [-0.2, -0.15) is 4.98 Å². The lowest BCUT2D eigenvalue weighted by atomic mass is 9.77. The molecule has 0 bridgehead atoms. The highest BCUT2D eigenvalue weighted by Crippen LogP contribution is 2.46. The molecule has 2 fully saturated rings. The van der Waals surface area contributed by atoms with Crippen molar-refractivity contribution in [3.05, 3.63) is 24.3 Å². The first kappa shape index (κ1) is 12.9. The van der Waals surface area contributed by atoms with Crippen molar-refractivity contribution < 1.29 is 0 Å². The molecule has 1 aromatic heterocycles. The SMILES string of the molecule is Nc1nc(N2CCC3(CCCC3)CC2)c2ccccc2n1. The summed E-state index contributed by atoms with van der Waals surface area (Å²) in [5, 5.41) is 1.12. The van der Waals surface area contributed by atoms with Gasteiger partial charge in [-0.15, -0.1) is 0 Å². The topological polar surface area (TPSA) is 55.0 Å². The van der Waals surface area contributed by atoms with Crippen molar-refractivity contribution >= 4 is 22.7 Å². The van der Waals surface area contributed by atoms with Gasteiger partial charge in [0.05, 0.1) is 5.52 Å². The Morgan fingerprint density at radius 2 is 1.67 bits per heavy atom. The number of nitrogen functional groups attached to an aromatic ring is 1. The summed E-state index contributed by atoms with van der Waals surface area (Å²) < 4.78 is 0. The van der Waals surface area contributed by atoms with E-state index in [-0.39, 0.29) is 0 Å². The van der Waals surface area contributed by atoms with Gasteiger partial charge in [-0.05, 0) is 43.2 Å². The van der Waals surface area contributed by atoms with Crippen LogP contribution in [-0.4, -0.2) is 23.1 Å². The molecular formula is C17H22N4. The number of benzene rings is 1. The molecule has 2 heterocycles. The minimum atomic E-state index is 0.379. The van der Waals surface area contributed by atoms with Gasteiger partial charge in [-0.3, -0.25) is 0 Å². The molecule has 0 amide bonds. The summed E-state index contributed by atoms with van der Waals surface area (Å²) in [5.74, 6) is 1.40. The van der Waals surface area contributed by atoms with E-state index in [4.69, 9.17) is 5.73 Å². The van der Waals surface area contributed by atoms with Gasteiger partial charge in [-0.1, -0.05) is 25.0 Å². The fraction of sp³-hybridized carbons (Fsp3) is 0.529. The molecule has 2 aromatic rings. The number of rotatable bonds is 1. The van der Waals surface area contributed by atoms with Crippen LogP contribution in [0.3, 0.4) is 0 Å². The van der Waals surface area contributed by atoms with Crippen LogP contribution in [0.25, 0.3) is 10.9 Å². The number of aromatic nitrogens is 2. The number of hydrogen-bond acceptors (Lipinski definition) is 4. The van der Waals surface area contributed by atoms with Crippen LogP contribution in [0, 0.1) is 5.41 Å². The van der Waals surface area contributed by atoms with Crippen LogP contribution < -0.4 is 10.6 Å². The second kappa shape index (κ2) is 4.86. The number of anilines is 2. The molecule has 2 N–H and O–H groups in total. The average Bonchev–Trinajstić information content (AvgIpc) is 2.95. The van der Waals surface area contributed by atoms with Gasteiger partial charge in [0.2, 0.25) is 5.95 Å². The predicted molar refractivity (Wildman–Crippen MR) is 86.3 cm³/mol. The maximum atomic E-state index is 5.90. The van der Waals surface area contributed by atoms with Gasteiger partial charge in [0, 0.05) is 18.5 Å². The summed E-state index contributed by atoms with van der Waals surface area (Å²) in [6.07, 6.45) is 8.28. The number of nitrogens with two attached hydrogens (primary N) is 1. The minimum Gasteiger partial charge on any atom is -0.368 e. The Morgan fingerprint density at radius 1 is 0.952 bits per heavy atom. The molecule has 0 atom stereocenters. The maximum Gasteiger partial charge on any atom is 0.222 e. The fourth-order valence-electron chi connectivity index (χ4n) is 4.14. The highest BCUT2D eigenvalue weighted by atomic mass is 15.2. The summed E-state index contributed by atoms with van der Waals surface area (Å²) in [7, 11) is 0. The smallest absolute Gasteiger partial charge is 0.222 e. The van der Waals surface area contributed by atoms with Crippen LogP contribution in [0.2, 0.25) is 0 Å². The van der Waals surface area contributed by atoms with E-state index in [1.807, 2.05) is 18.2 Å². The Hall–Kier alpha value is -1.84. The van der Waals surface area contributed by atoms with Crippen molar-refractivity contribution in [1.82, 2.24) is 9.97 Å². The molecule has 4 rings (SSSR count).